The molecule has 0 saturated heterocycles. The molecule has 32 heavy (non-hydrogen) atoms. The van der Waals surface area contributed by atoms with E-state index in [1.807, 2.05) is 0 Å². The van der Waals surface area contributed by atoms with Crippen LogP contribution in [-0.4, -0.2) is 31.6 Å². The van der Waals surface area contributed by atoms with Gasteiger partial charge in [-0.05, 0) is 18.2 Å². The normalized spacial score (nSPS) is 24.8. The Balaban J connectivity index is 1.77. The molecule has 2 aromatic carbocycles. The zero-order valence-corrected chi connectivity index (χ0v) is 18.0. The molecule has 1 atom stereocenters. The Bertz CT molecular complexity index is 1180. The van der Waals surface area contributed by atoms with E-state index in [2.05, 4.69) is 9.05 Å². The van der Waals surface area contributed by atoms with Crippen LogP contribution in [0.1, 0.15) is 21.5 Å². The topological polar surface area (TPSA) is 160 Å². The number of carbonyl (C=O) groups excluding carboxylic acids is 1. The third-order valence-corrected chi connectivity index (χ3v) is 6.02. The first-order valence-corrected chi connectivity index (χ1v) is 12.3. The molecule has 0 fully saturated rings. The number of carbonyl (C=O) groups is 1. The highest BCUT2D eigenvalue weighted by Crippen LogP contribution is 2.50. The summed E-state index contributed by atoms with van der Waals surface area (Å²) < 4.78 is 37.4. The minimum absolute atomic E-state index is 0.0697. The Morgan fingerprint density at radius 3 is 2.06 bits per heavy atom. The number of hydrogen-bond donors (Lipinski definition) is 4. The fourth-order valence-corrected chi connectivity index (χ4v) is 4.74. The van der Waals surface area contributed by atoms with Gasteiger partial charge in [0.2, 0.25) is 0 Å². The lowest BCUT2D eigenvalue weighted by Crippen LogP contribution is -2.36. The predicted octanol–water partition coefficient (Wildman–Crippen LogP) is 2.79. The van der Waals surface area contributed by atoms with Gasteiger partial charge in [-0.3, -0.25) is 14.3 Å². The van der Waals surface area contributed by atoms with E-state index in [1.54, 1.807) is 36.4 Å². The number of phosphoric ester groups is 2. The molecule has 10 nitrogen and oxygen atoms in total. The molecular formula is C20H18O10P2. The molecule has 2 aliphatic rings. The van der Waals surface area contributed by atoms with Crippen LogP contribution in [0.25, 0.3) is 0 Å². The van der Waals surface area contributed by atoms with Crippen molar-refractivity contribution in [3.05, 3.63) is 89.5 Å². The minimum atomic E-state index is -4.74. The van der Waals surface area contributed by atoms with E-state index in [9.17, 15) is 13.9 Å². The van der Waals surface area contributed by atoms with Gasteiger partial charge in [0.05, 0.1) is 5.56 Å². The van der Waals surface area contributed by atoms with Gasteiger partial charge in [0.1, 0.15) is 11.9 Å². The zero-order valence-electron chi connectivity index (χ0n) is 16.2. The van der Waals surface area contributed by atoms with Gasteiger partial charge in [-0.2, -0.15) is 0 Å². The van der Waals surface area contributed by atoms with Gasteiger partial charge in [0.25, 0.3) is 0 Å². The van der Waals surface area contributed by atoms with Crippen molar-refractivity contribution in [2.24, 2.45) is 5.92 Å². The fraction of sp³-hybridized carbons (Fsp3) is 0.150. The molecule has 0 bridgehead atoms. The van der Waals surface area contributed by atoms with Crippen LogP contribution in [0.15, 0.2) is 72.8 Å². The molecular weight excluding hydrogens is 462 g/mol. The number of rotatable bonds is 6. The molecule has 1 aliphatic heterocycles. The van der Waals surface area contributed by atoms with E-state index in [0.29, 0.717) is 16.7 Å². The molecule has 0 unspecified atom stereocenters. The lowest BCUT2D eigenvalue weighted by molar-refractivity contribution is -0.000483. The van der Waals surface area contributed by atoms with Crippen LogP contribution < -0.4 is 4.52 Å². The summed E-state index contributed by atoms with van der Waals surface area (Å²) in [5.41, 5.74) is 0.109. The van der Waals surface area contributed by atoms with E-state index in [1.165, 1.54) is 36.4 Å². The van der Waals surface area contributed by atoms with Crippen LogP contribution in [0, 0.1) is 5.92 Å². The van der Waals surface area contributed by atoms with Crippen LogP contribution in [-0.2, 0) is 24.0 Å². The first-order chi connectivity index (χ1) is 15.0. The molecule has 4 rings (SSSR count). The first-order valence-electron chi connectivity index (χ1n) is 9.27. The van der Waals surface area contributed by atoms with Crippen molar-refractivity contribution in [2.45, 2.75) is 11.7 Å². The van der Waals surface area contributed by atoms with Crippen molar-refractivity contribution in [1.82, 2.24) is 0 Å². The number of cyclic esters (lactones) is 1. The smallest absolute Gasteiger partial charge is 0.445 e. The number of benzene rings is 2. The monoisotopic (exact) mass is 480 g/mol. The second kappa shape index (κ2) is 8.10. The van der Waals surface area contributed by atoms with Gasteiger partial charge in [0.15, 0.2) is 5.60 Å². The fourth-order valence-electron chi connectivity index (χ4n) is 3.88. The minimum Gasteiger partial charge on any atom is -0.445 e. The van der Waals surface area contributed by atoms with Crippen molar-refractivity contribution in [3.63, 3.8) is 0 Å². The molecule has 0 amide bonds. The largest absolute Gasteiger partial charge is 0.524 e. The van der Waals surface area contributed by atoms with E-state index >= 15 is 0 Å². The molecule has 4 N–H and O–H groups in total. The zero-order chi connectivity index (χ0) is 23.1. The Morgan fingerprint density at radius 2 is 1.47 bits per heavy atom. The lowest BCUT2D eigenvalue weighted by Gasteiger charge is -2.36. The van der Waals surface area contributed by atoms with E-state index in [0.717, 1.165) is 0 Å². The predicted molar refractivity (Wildman–Crippen MR) is 110 cm³/mol. The molecule has 2 aromatic rings. The molecule has 1 heterocycles. The summed E-state index contributed by atoms with van der Waals surface area (Å²) in [5.74, 6) is -1.19. The second-order valence-electron chi connectivity index (χ2n) is 7.13. The SMILES string of the molecule is O=C1O[C@@](c2ccc(OP(=O)(O)O)cc2)(C2C=CC(OP(=O)(O)O)C=C2)c2ccccc21. The van der Waals surface area contributed by atoms with Crippen LogP contribution >= 0.6 is 15.6 Å². The van der Waals surface area contributed by atoms with Gasteiger partial charge < -0.3 is 19.0 Å². The lowest BCUT2D eigenvalue weighted by atomic mass is 9.74. The molecule has 168 valence electrons. The molecule has 0 aromatic heterocycles. The summed E-state index contributed by atoms with van der Waals surface area (Å²) in [6, 6.07) is 12.6. The average molecular weight is 480 g/mol. The molecule has 1 aliphatic carbocycles. The van der Waals surface area contributed by atoms with E-state index in [4.69, 9.17) is 24.3 Å². The van der Waals surface area contributed by atoms with Gasteiger partial charge >= 0.3 is 21.6 Å². The number of hydrogen-bond acceptors (Lipinski definition) is 6. The van der Waals surface area contributed by atoms with Crippen molar-refractivity contribution < 1.29 is 47.3 Å². The van der Waals surface area contributed by atoms with Crippen LogP contribution in [0.4, 0.5) is 0 Å². The first kappa shape index (κ1) is 22.6. The van der Waals surface area contributed by atoms with Gasteiger partial charge in [0, 0.05) is 17.0 Å². The van der Waals surface area contributed by atoms with Crippen molar-refractivity contribution >= 4 is 21.6 Å². The number of fused-ring (bicyclic) bond motifs is 1. The Labute approximate surface area is 182 Å². The number of phosphoric acid groups is 2. The molecule has 0 radical (unpaired) electrons. The Morgan fingerprint density at radius 1 is 0.844 bits per heavy atom. The van der Waals surface area contributed by atoms with Gasteiger partial charge in [-0.15, -0.1) is 0 Å². The highest BCUT2D eigenvalue weighted by atomic mass is 31.2. The van der Waals surface area contributed by atoms with Crippen molar-refractivity contribution in [2.75, 3.05) is 0 Å². The van der Waals surface area contributed by atoms with E-state index < -0.39 is 39.2 Å². The summed E-state index contributed by atoms with van der Waals surface area (Å²) in [4.78, 5) is 48.8. The number of ether oxygens (including phenoxy) is 1. The summed E-state index contributed by atoms with van der Waals surface area (Å²) in [5, 5.41) is 0. The van der Waals surface area contributed by atoms with Crippen LogP contribution in [0.5, 0.6) is 5.75 Å². The van der Waals surface area contributed by atoms with E-state index in [-0.39, 0.29) is 5.75 Å². The second-order valence-corrected chi connectivity index (χ2v) is 9.49. The quantitative estimate of drug-likeness (QED) is 0.275. The maximum Gasteiger partial charge on any atom is 0.524 e. The highest BCUT2D eigenvalue weighted by molar-refractivity contribution is 7.46. The summed E-state index contributed by atoms with van der Waals surface area (Å²) in [6.45, 7) is 0. The molecule has 12 heteroatoms. The Hall–Kier alpha value is -2.55. The third kappa shape index (κ3) is 4.48. The van der Waals surface area contributed by atoms with Gasteiger partial charge in [-0.25, -0.2) is 13.9 Å². The third-order valence-electron chi connectivity index (χ3n) is 5.05. The summed E-state index contributed by atoms with van der Waals surface area (Å²) >= 11 is 0. The highest BCUT2D eigenvalue weighted by Gasteiger charge is 2.51. The maximum atomic E-state index is 12.7. The van der Waals surface area contributed by atoms with Crippen molar-refractivity contribution in [3.8, 4) is 5.75 Å². The standard InChI is InChI=1S/C20H18O10P2/c21-19-17-3-1-2-4-18(17)20(28-19,13-5-9-15(10-6-13)29-31(22,23)24)14-7-11-16(12-8-14)30-32(25,26)27/h1-13,15H,(H2,22,23,24)(H2,25,26,27)/t13?,15?,20-/m1/s1. The number of esters is 1. The average Bonchev–Trinajstić information content (AvgIpc) is 3.01. The summed E-state index contributed by atoms with van der Waals surface area (Å²) in [6.07, 6.45) is 5.18. The Kier molecular flexibility index (Phi) is 5.73. The van der Waals surface area contributed by atoms with Crippen LogP contribution in [0.2, 0.25) is 0 Å². The maximum absolute atomic E-state index is 12.7. The molecule has 0 spiro atoms. The van der Waals surface area contributed by atoms with Gasteiger partial charge in [-0.1, -0.05) is 54.6 Å². The van der Waals surface area contributed by atoms with Crippen molar-refractivity contribution in [1.29, 1.82) is 0 Å². The molecule has 0 saturated carbocycles. The summed E-state index contributed by atoms with van der Waals surface area (Å²) in [7, 11) is -9.45. The van der Waals surface area contributed by atoms with Crippen LogP contribution in [0.3, 0.4) is 0 Å².